The maximum absolute atomic E-state index is 13.0. The number of hydrogen-bond donors (Lipinski definition) is 0. The third-order valence-corrected chi connectivity index (χ3v) is 16.8. The molecule has 0 N–H and O–H groups in total. The first kappa shape index (κ1) is 80.4. The molecule has 83 heavy (non-hydrogen) atoms. The SMILES string of the molecule is CCCCCCC/C=C\C/C=C\CCCCCCCCCCCCCCCCCC(=O)OCC(COC(=O)CCCCCCCCCCCCCCC)OC(=O)CCCCCCCCCCCCCCC/C=C\C/C=C\CCCCCCC. The van der Waals surface area contributed by atoms with Crippen molar-refractivity contribution in [3.63, 3.8) is 0 Å². The van der Waals surface area contributed by atoms with Crippen LogP contribution in [0, 0.1) is 0 Å². The lowest BCUT2D eigenvalue weighted by Crippen LogP contribution is -2.30. The predicted octanol–water partition coefficient (Wildman–Crippen LogP) is 25.7. The summed E-state index contributed by atoms with van der Waals surface area (Å²) in [6, 6.07) is 0. The largest absolute Gasteiger partial charge is 0.462 e. The van der Waals surface area contributed by atoms with E-state index in [9.17, 15) is 14.4 Å². The molecule has 0 fully saturated rings. The van der Waals surface area contributed by atoms with Crippen LogP contribution in [-0.2, 0) is 28.6 Å². The minimum atomic E-state index is -0.772. The highest BCUT2D eigenvalue weighted by atomic mass is 16.6. The molecule has 486 valence electrons. The number of rotatable bonds is 69. The summed E-state index contributed by atoms with van der Waals surface area (Å²) in [6.07, 6.45) is 91.5. The number of hydrogen-bond acceptors (Lipinski definition) is 6. The van der Waals surface area contributed by atoms with Crippen molar-refractivity contribution in [3.8, 4) is 0 Å². The smallest absolute Gasteiger partial charge is 0.306 e. The van der Waals surface area contributed by atoms with Crippen LogP contribution in [0.15, 0.2) is 48.6 Å². The Bertz CT molecular complexity index is 1430. The molecule has 0 heterocycles. The van der Waals surface area contributed by atoms with E-state index in [0.29, 0.717) is 19.3 Å². The van der Waals surface area contributed by atoms with Crippen molar-refractivity contribution in [2.24, 2.45) is 0 Å². The summed E-state index contributed by atoms with van der Waals surface area (Å²) in [6.45, 7) is 6.69. The monoisotopic (exact) mass is 1160 g/mol. The number of allylic oxidation sites excluding steroid dienone is 8. The molecule has 0 rings (SSSR count). The number of carbonyl (C=O) groups is 3. The molecule has 0 amide bonds. The molecular formula is C77H142O6. The molecule has 6 nitrogen and oxygen atoms in total. The second kappa shape index (κ2) is 71.8. The third kappa shape index (κ3) is 70.0. The predicted molar refractivity (Wildman–Crippen MR) is 362 cm³/mol. The van der Waals surface area contributed by atoms with Crippen LogP contribution < -0.4 is 0 Å². The van der Waals surface area contributed by atoms with Crippen LogP contribution in [0.3, 0.4) is 0 Å². The second-order valence-electron chi connectivity index (χ2n) is 25.2. The Morgan fingerprint density at radius 2 is 0.434 bits per heavy atom. The first-order valence-electron chi connectivity index (χ1n) is 37.1. The number of carbonyl (C=O) groups excluding carboxylic acids is 3. The maximum Gasteiger partial charge on any atom is 0.306 e. The normalized spacial score (nSPS) is 12.3. The maximum atomic E-state index is 13.0. The Kier molecular flexibility index (Phi) is 69.6. The van der Waals surface area contributed by atoms with Crippen molar-refractivity contribution < 1.29 is 28.6 Å². The molecule has 0 aromatic heterocycles. The van der Waals surface area contributed by atoms with Gasteiger partial charge in [0.15, 0.2) is 6.10 Å². The van der Waals surface area contributed by atoms with E-state index in [1.807, 2.05) is 0 Å². The second-order valence-corrected chi connectivity index (χ2v) is 25.2. The first-order valence-corrected chi connectivity index (χ1v) is 37.1. The van der Waals surface area contributed by atoms with Crippen molar-refractivity contribution in [3.05, 3.63) is 48.6 Å². The molecule has 0 aliphatic heterocycles. The lowest BCUT2D eigenvalue weighted by Gasteiger charge is -2.18. The zero-order valence-electron chi connectivity index (χ0n) is 56.0. The standard InChI is InChI=1S/C77H142O6/c1-4-7-10-13-16-19-22-25-27-29-31-33-35-37-38-40-41-43-45-47-49-52-55-58-61-64-67-70-76(79)82-73-74(72-81-75(78)69-66-63-60-57-54-51-24-21-18-15-12-9-6-3)83-77(80)71-68-65-62-59-56-53-50-48-46-44-42-39-36-34-32-30-28-26-23-20-17-14-11-8-5-2/h22-23,25-26,29-32,74H,4-21,24,27-28,33-73H2,1-3H3/b25-22-,26-23-,31-29-,32-30-. The van der Waals surface area contributed by atoms with Crippen molar-refractivity contribution in [2.45, 2.75) is 412 Å². The van der Waals surface area contributed by atoms with Crippen molar-refractivity contribution in [1.29, 1.82) is 0 Å². The van der Waals surface area contributed by atoms with Gasteiger partial charge in [0.25, 0.3) is 0 Å². The molecule has 0 saturated heterocycles. The van der Waals surface area contributed by atoms with E-state index in [1.54, 1.807) is 0 Å². The molecule has 0 spiro atoms. The van der Waals surface area contributed by atoms with Crippen LogP contribution in [0.4, 0.5) is 0 Å². The van der Waals surface area contributed by atoms with Gasteiger partial charge in [-0.05, 0) is 83.5 Å². The molecule has 0 aromatic rings. The molecule has 1 unspecified atom stereocenters. The van der Waals surface area contributed by atoms with E-state index in [2.05, 4.69) is 69.4 Å². The van der Waals surface area contributed by atoms with Gasteiger partial charge in [-0.25, -0.2) is 0 Å². The number of unbranched alkanes of at least 4 members (excludes halogenated alkanes) is 50. The van der Waals surface area contributed by atoms with Crippen LogP contribution in [-0.4, -0.2) is 37.2 Å². The van der Waals surface area contributed by atoms with E-state index in [1.165, 1.54) is 295 Å². The van der Waals surface area contributed by atoms with Gasteiger partial charge in [0.05, 0.1) is 0 Å². The summed E-state index contributed by atoms with van der Waals surface area (Å²) in [5.41, 5.74) is 0. The van der Waals surface area contributed by atoms with Crippen molar-refractivity contribution in [2.75, 3.05) is 13.2 Å². The minimum absolute atomic E-state index is 0.0676. The van der Waals surface area contributed by atoms with Gasteiger partial charge in [-0.3, -0.25) is 14.4 Å². The highest BCUT2D eigenvalue weighted by Crippen LogP contribution is 2.18. The van der Waals surface area contributed by atoms with Gasteiger partial charge in [0.2, 0.25) is 0 Å². The van der Waals surface area contributed by atoms with Crippen molar-refractivity contribution in [1.82, 2.24) is 0 Å². The highest BCUT2D eigenvalue weighted by molar-refractivity contribution is 5.71. The zero-order valence-corrected chi connectivity index (χ0v) is 56.0. The molecule has 1 atom stereocenters. The average Bonchev–Trinajstić information content (AvgIpc) is 3.49. The Labute approximate surface area is 518 Å². The third-order valence-electron chi connectivity index (χ3n) is 16.8. The number of ether oxygens (including phenoxy) is 3. The van der Waals surface area contributed by atoms with Crippen LogP contribution in [0.2, 0.25) is 0 Å². The van der Waals surface area contributed by atoms with Gasteiger partial charge in [-0.1, -0.05) is 352 Å². The van der Waals surface area contributed by atoms with Crippen molar-refractivity contribution >= 4 is 17.9 Å². The van der Waals surface area contributed by atoms with Gasteiger partial charge in [0, 0.05) is 19.3 Å². The van der Waals surface area contributed by atoms with E-state index in [0.717, 1.165) is 70.6 Å². The summed E-state index contributed by atoms with van der Waals surface area (Å²) >= 11 is 0. The Balaban J connectivity index is 4.22. The summed E-state index contributed by atoms with van der Waals surface area (Å²) in [5, 5.41) is 0. The van der Waals surface area contributed by atoms with Crippen LogP contribution in [0.1, 0.15) is 406 Å². The lowest BCUT2D eigenvalue weighted by molar-refractivity contribution is -0.167. The quantitative estimate of drug-likeness (QED) is 0.0261. The summed E-state index contributed by atoms with van der Waals surface area (Å²) < 4.78 is 17.0. The molecule has 0 aromatic carbocycles. The van der Waals surface area contributed by atoms with Gasteiger partial charge < -0.3 is 14.2 Å². The zero-order chi connectivity index (χ0) is 59.9. The van der Waals surface area contributed by atoms with E-state index in [4.69, 9.17) is 14.2 Å². The highest BCUT2D eigenvalue weighted by Gasteiger charge is 2.19. The van der Waals surface area contributed by atoms with E-state index in [-0.39, 0.29) is 31.1 Å². The molecule has 0 saturated carbocycles. The first-order chi connectivity index (χ1) is 41.0. The molecule has 0 bridgehead atoms. The van der Waals surface area contributed by atoms with Crippen LogP contribution in [0.5, 0.6) is 0 Å². The van der Waals surface area contributed by atoms with Crippen LogP contribution in [0.25, 0.3) is 0 Å². The molecule has 0 aliphatic carbocycles. The molecule has 6 heteroatoms. The fourth-order valence-electron chi connectivity index (χ4n) is 11.2. The fraction of sp³-hybridized carbons (Fsp3) is 0.857. The lowest BCUT2D eigenvalue weighted by atomic mass is 10.0. The van der Waals surface area contributed by atoms with Gasteiger partial charge >= 0.3 is 17.9 Å². The van der Waals surface area contributed by atoms with Crippen LogP contribution >= 0.6 is 0 Å². The summed E-state index contributed by atoms with van der Waals surface area (Å²) in [7, 11) is 0. The van der Waals surface area contributed by atoms with Gasteiger partial charge in [-0.2, -0.15) is 0 Å². The van der Waals surface area contributed by atoms with Gasteiger partial charge in [0.1, 0.15) is 13.2 Å². The molecule has 0 radical (unpaired) electrons. The fourth-order valence-corrected chi connectivity index (χ4v) is 11.2. The van der Waals surface area contributed by atoms with E-state index < -0.39 is 6.10 Å². The number of esters is 3. The molecular weight excluding hydrogens is 1020 g/mol. The molecule has 0 aliphatic rings. The Morgan fingerprint density at radius 1 is 0.241 bits per heavy atom. The Hall–Kier alpha value is -2.63. The summed E-state index contributed by atoms with van der Waals surface area (Å²) in [5.74, 6) is -0.839. The minimum Gasteiger partial charge on any atom is -0.462 e. The Morgan fingerprint density at radius 3 is 0.663 bits per heavy atom. The average molecular weight is 1160 g/mol. The van der Waals surface area contributed by atoms with E-state index >= 15 is 0 Å². The van der Waals surface area contributed by atoms with Gasteiger partial charge in [-0.15, -0.1) is 0 Å². The summed E-state index contributed by atoms with van der Waals surface area (Å²) in [4.78, 5) is 38.5. The topological polar surface area (TPSA) is 78.9 Å².